The van der Waals surface area contributed by atoms with Gasteiger partial charge in [-0.25, -0.2) is 14.8 Å². The minimum atomic E-state index is -0.724. The van der Waals surface area contributed by atoms with Crippen LogP contribution in [0, 0.1) is 0 Å². The summed E-state index contributed by atoms with van der Waals surface area (Å²) in [6.07, 6.45) is 0.283. The Morgan fingerprint density at radius 2 is 1.97 bits per heavy atom. The lowest BCUT2D eigenvalue weighted by molar-refractivity contribution is 0.0141. The van der Waals surface area contributed by atoms with Crippen molar-refractivity contribution in [1.29, 1.82) is 0 Å². The van der Waals surface area contributed by atoms with Crippen LogP contribution < -0.4 is 4.74 Å². The molecule has 0 fully saturated rings. The molecule has 1 N–H and O–H groups in total. The molecule has 1 atom stereocenters. The van der Waals surface area contributed by atoms with Crippen LogP contribution in [0.4, 0.5) is 4.79 Å². The molecule has 0 aliphatic heterocycles. The Kier molecular flexibility index (Phi) is 7.68. The SMILES string of the molecule is COc1nc(-c2ccnc(Cl)c2Cl)ccc1CN(C[C@H](C)O)C(=O)OC(C)(C)C. The number of aromatic nitrogens is 2. The topological polar surface area (TPSA) is 84.8 Å². The van der Waals surface area contributed by atoms with E-state index in [1.807, 2.05) is 0 Å². The van der Waals surface area contributed by atoms with Gasteiger partial charge in [-0.2, -0.15) is 0 Å². The molecule has 2 heterocycles. The minimum Gasteiger partial charge on any atom is -0.481 e. The van der Waals surface area contributed by atoms with Crippen molar-refractivity contribution in [3.63, 3.8) is 0 Å². The molecule has 0 radical (unpaired) electrons. The van der Waals surface area contributed by atoms with E-state index in [9.17, 15) is 9.90 Å². The van der Waals surface area contributed by atoms with Crippen LogP contribution >= 0.6 is 23.2 Å². The third-order valence-electron chi connectivity index (χ3n) is 3.75. The number of carbonyl (C=O) groups excluding carboxylic acids is 1. The maximum atomic E-state index is 12.6. The summed E-state index contributed by atoms with van der Waals surface area (Å²) in [6.45, 7) is 7.21. The second-order valence-electron chi connectivity index (χ2n) is 7.54. The molecule has 0 spiro atoms. The van der Waals surface area contributed by atoms with Crippen LogP contribution in [0.5, 0.6) is 5.88 Å². The van der Waals surface area contributed by atoms with Crippen molar-refractivity contribution in [1.82, 2.24) is 14.9 Å². The summed E-state index contributed by atoms with van der Waals surface area (Å²) in [4.78, 5) is 22.4. The van der Waals surface area contributed by atoms with Crippen LogP contribution in [-0.4, -0.2) is 51.4 Å². The highest BCUT2D eigenvalue weighted by Crippen LogP contribution is 2.32. The lowest BCUT2D eigenvalue weighted by atomic mass is 10.1. The molecule has 0 unspecified atom stereocenters. The second-order valence-corrected chi connectivity index (χ2v) is 8.27. The molecule has 0 aromatic carbocycles. The number of aliphatic hydroxyl groups excluding tert-OH is 1. The lowest BCUT2D eigenvalue weighted by Gasteiger charge is -2.28. The monoisotopic (exact) mass is 441 g/mol. The van der Waals surface area contributed by atoms with E-state index in [4.69, 9.17) is 32.7 Å². The fourth-order valence-electron chi connectivity index (χ4n) is 2.59. The Morgan fingerprint density at radius 3 is 2.55 bits per heavy atom. The lowest BCUT2D eigenvalue weighted by Crippen LogP contribution is -2.40. The van der Waals surface area contributed by atoms with Gasteiger partial charge in [0.15, 0.2) is 0 Å². The summed E-state index contributed by atoms with van der Waals surface area (Å²) < 4.78 is 10.9. The predicted molar refractivity (Wildman–Crippen MR) is 112 cm³/mol. The summed E-state index contributed by atoms with van der Waals surface area (Å²) in [5.74, 6) is 0.325. The van der Waals surface area contributed by atoms with Crippen molar-refractivity contribution in [3.05, 3.63) is 40.1 Å². The molecule has 2 aromatic rings. The zero-order valence-corrected chi connectivity index (χ0v) is 18.6. The van der Waals surface area contributed by atoms with E-state index in [2.05, 4.69) is 9.97 Å². The third kappa shape index (κ3) is 6.45. The zero-order chi connectivity index (χ0) is 21.8. The maximum absolute atomic E-state index is 12.6. The third-order valence-corrected chi connectivity index (χ3v) is 4.52. The van der Waals surface area contributed by atoms with Gasteiger partial charge in [-0.05, 0) is 45.9 Å². The molecular weight excluding hydrogens is 417 g/mol. The van der Waals surface area contributed by atoms with Crippen molar-refractivity contribution in [2.75, 3.05) is 13.7 Å². The molecule has 0 saturated heterocycles. The zero-order valence-electron chi connectivity index (χ0n) is 17.1. The fraction of sp³-hybridized carbons (Fsp3) is 0.450. The van der Waals surface area contributed by atoms with Crippen molar-refractivity contribution >= 4 is 29.3 Å². The fourth-order valence-corrected chi connectivity index (χ4v) is 2.95. The predicted octanol–water partition coefficient (Wildman–Crippen LogP) is 4.58. The van der Waals surface area contributed by atoms with Gasteiger partial charge in [0.2, 0.25) is 5.88 Å². The van der Waals surface area contributed by atoms with Gasteiger partial charge < -0.3 is 19.5 Å². The van der Waals surface area contributed by atoms with Crippen molar-refractivity contribution < 1.29 is 19.4 Å². The highest BCUT2D eigenvalue weighted by atomic mass is 35.5. The van der Waals surface area contributed by atoms with E-state index in [0.29, 0.717) is 27.7 Å². The first-order valence-corrected chi connectivity index (χ1v) is 9.77. The summed E-state index contributed by atoms with van der Waals surface area (Å²) in [5, 5.41) is 10.3. The Balaban J connectivity index is 2.34. The maximum Gasteiger partial charge on any atom is 0.410 e. The number of ether oxygens (including phenoxy) is 2. The number of carbonyl (C=O) groups is 1. The first-order valence-electron chi connectivity index (χ1n) is 9.02. The number of rotatable bonds is 6. The van der Waals surface area contributed by atoms with Gasteiger partial charge in [0, 0.05) is 17.3 Å². The Morgan fingerprint density at radius 1 is 1.28 bits per heavy atom. The number of amides is 1. The summed E-state index contributed by atoms with van der Waals surface area (Å²) in [5.41, 5.74) is 1.17. The van der Waals surface area contributed by atoms with Gasteiger partial charge in [-0.3, -0.25) is 0 Å². The molecule has 0 aliphatic carbocycles. The number of hydrogen-bond donors (Lipinski definition) is 1. The molecule has 1 amide bonds. The molecule has 2 aromatic heterocycles. The molecule has 7 nitrogen and oxygen atoms in total. The Labute approximate surface area is 180 Å². The van der Waals surface area contributed by atoms with Crippen LogP contribution in [0.25, 0.3) is 11.3 Å². The van der Waals surface area contributed by atoms with Crippen LogP contribution in [0.2, 0.25) is 10.2 Å². The van der Waals surface area contributed by atoms with Gasteiger partial charge in [0.25, 0.3) is 0 Å². The van der Waals surface area contributed by atoms with Crippen LogP contribution in [0.15, 0.2) is 24.4 Å². The molecule has 29 heavy (non-hydrogen) atoms. The van der Waals surface area contributed by atoms with E-state index in [1.165, 1.54) is 12.0 Å². The van der Waals surface area contributed by atoms with Crippen LogP contribution in [0.1, 0.15) is 33.3 Å². The molecular formula is C20H25Cl2N3O4. The van der Waals surface area contributed by atoms with Crippen LogP contribution in [0.3, 0.4) is 0 Å². The Hall–Kier alpha value is -2.09. The molecule has 0 bridgehead atoms. The molecule has 9 heteroatoms. The van der Waals surface area contributed by atoms with Crippen molar-refractivity contribution in [2.45, 2.75) is 45.9 Å². The molecule has 2 rings (SSSR count). The van der Waals surface area contributed by atoms with E-state index in [-0.39, 0.29) is 18.2 Å². The standard InChI is InChI=1S/C20H25Cl2N3O4/c1-12(26)10-25(19(27)29-20(2,3)4)11-13-6-7-15(24-18(13)28-5)14-8-9-23-17(22)16(14)21/h6-9,12,26H,10-11H2,1-5H3/t12-/m0/s1. The number of aliphatic hydroxyl groups is 1. The van der Waals surface area contributed by atoms with Crippen molar-refractivity contribution in [2.24, 2.45) is 0 Å². The smallest absolute Gasteiger partial charge is 0.410 e. The highest BCUT2D eigenvalue weighted by Gasteiger charge is 2.25. The summed E-state index contributed by atoms with van der Waals surface area (Å²) in [6, 6.07) is 5.24. The van der Waals surface area contributed by atoms with Crippen LogP contribution in [-0.2, 0) is 11.3 Å². The average Bonchev–Trinajstić information content (AvgIpc) is 2.62. The van der Waals surface area contributed by atoms with E-state index < -0.39 is 17.8 Å². The normalized spacial score (nSPS) is 12.4. The largest absolute Gasteiger partial charge is 0.481 e. The van der Waals surface area contributed by atoms with Gasteiger partial charge in [0.1, 0.15) is 10.8 Å². The number of methoxy groups -OCH3 is 1. The first kappa shape index (κ1) is 23.2. The van der Waals surface area contributed by atoms with Gasteiger partial charge in [-0.1, -0.05) is 23.2 Å². The van der Waals surface area contributed by atoms with Crippen molar-refractivity contribution in [3.8, 4) is 17.1 Å². The number of pyridine rings is 2. The second kappa shape index (κ2) is 9.61. The molecule has 0 saturated carbocycles. The van der Waals surface area contributed by atoms with E-state index in [1.54, 1.807) is 52.1 Å². The van der Waals surface area contributed by atoms with E-state index in [0.717, 1.165) is 0 Å². The number of hydrogen-bond acceptors (Lipinski definition) is 6. The highest BCUT2D eigenvalue weighted by molar-refractivity contribution is 6.42. The summed E-state index contributed by atoms with van der Waals surface area (Å²) in [7, 11) is 1.49. The molecule has 0 aliphatic rings. The summed E-state index contributed by atoms with van der Waals surface area (Å²) >= 11 is 12.2. The minimum absolute atomic E-state index is 0.103. The average molecular weight is 442 g/mol. The quantitative estimate of drug-likeness (QED) is 0.660. The number of nitrogens with zero attached hydrogens (tertiary/aromatic N) is 3. The molecule has 158 valence electrons. The van der Waals surface area contributed by atoms with Gasteiger partial charge >= 0.3 is 6.09 Å². The number of halogens is 2. The van der Waals surface area contributed by atoms with Gasteiger partial charge in [0.05, 0.1) is 37.0 Å². The van der Waals surface area contributed by atoms with Gasteiger partial charge in [-0.15, -0.1) is 0 Å². The first-order chi connectivity index (χ1) is 13.5. The Bertz CT molecular complexity index is 869. The van der Waals surface area contributed by atoms with E-state index >= 15 is 0 Å².